The zero-order valence-corrected chi connectivity index (χ0v) is 15.9. The number of anilines is 2. The second kappa shape index (κ2) is 7.96. The lowest BCUT2D eigenvalue weighted by Gasteiger charge is -2.39. The fourth-order valence-electron chi connectivity index (χ4n) is 3.17. The molecule has 0 atom stereocenters. The molecule has 0 aliphatic carbocycles. The number of benzene rings is 2. The fraction of sp³-hybridized carbons (Fsp3) is 0.333. The minimum Gasteiger partial charge on any atom is -0.368 e. The first-order chi connectivity index (χ1) is 13.3. The number of carbonyl (C=O) groups excluding carboxylic acids is 2. The molecule has 0 spiro atoms. The van der Waals surface area contributed by atoms with Crippen LogP contribution in [0.1, 0.15) is 13.8 Å². The Morgan fingerprint density at radius 3 is 2.21 bits per heavy atom. The summed E-state index contributed by atoms with van der Waals surface area (Å²) in [6.45, 7) is 5.34. The van der Waals surface area contributed by atoms with E-state index in [4.69, 9.17) is 0 Å². The average Bonchev–Trinajstić information content (AvgIpc) is 2.70. The highest BCUT2D eigenvalue weighted by atomic mass is 19.1. The van der Waals surface area contributed by atoms with Gasteiger partial charge in [0.05, 0.1) is 5.69 Å². The molecule has 2 aromatic rings. The molecular formula is C21H23F2N3O2. The third-order valence-corrected chi connectivity index (χ3v) is 4.97. The van der Waals surface area contributed by atoms with Gasteiger partial charge in [-0.1, -0.05) is 18.2 Å². The van der Waals surface area contributed by atoms with Gasteiger partial charge >= 0.3 is 0 Å². The molecule has 28 heavy (non-hydrogen) atoms. The first kappa shape index (κ1) is 19.8. The van der Waals surface area contributed by atoms with Gasteiger partial charge in [0.25, 0.3) is 0 Å². The molecule has 0 saturated carbocycles. The van der Waals surface area contributed by atoms with Crippen molar-refractivity contribution in [2.75, 3.05) is 36.4 Å². The predicted molar refractivity (Wildman–Crippen MR) is 104 cm³/mol. The highest BCUT2D eigenvalue weighted by molar-refractivity contribution is 6.09. The summed E-state index contributed by atoms with van der Waals surface area (Å²) >= 11 is 0. The van der Waals surface area contributed by atoms with Crippen LogP contribution in [0.2, 0.25) is 0 Å². The molecule has 7 heteroatoms. The number of nitrogens with one attached hydrogen (secondary N) is 1. The molecule has 1 aliphatic heterocycles. The maximum absolute atomic E-state index is 13.8. The predicted octanol–water partition coefficient (Wildman–Crippen LogP) is 3.28. The number of para-hydroxylation sites is 1. The van der Waals surface area contributed by atoms with E-state index in [1.807, 2.05) is 30.3 Å². The molecule has 0 radical (unpaired) electrons. The van der Waals surface area contributed by atoms with Crippen LogP contribution in [0.3, 0.4) is 0 Å². The van der Waals surface area contributed by atoms with E-state index in [0.29, 0.717) is 32.2 Å². The van der Waals surface area contributed by atoms with Gasteiger partial charge in [0, 0.05) is 37.9 Å². The van der Waals surface area contributed by atoms with Crippen molar-refractivity contribution in [3.8, 4) is 0 Å². The van der Waals surface area contributed by atoms with Gasteiger partial charge in [0.1, 0.15) is 17.0 Å². The van der Waals surface area contributed by atoms with Crippen molar-refractivity contribution in [3.05, 3.63) is 60.2 Å². The number of piperazine rings is 1. The molecule has 0 unspecified atom stereocenters. The Morgan fingerprint density at radius 2 is 1.61 bits per heavy atom. The highest BCUT2D eigenvalue weighted by Crippen LogP contribution is 2.25. The first-order valence-corrected chi connectivity index (χ1v) is 9.15. The summed E-state index contributed by atoms with van der Waals surface area (Å²) in [6, 6.07) is 12.8. The van der Waals surface area contributed by atoms with Gasteiger partial charge in [-0.05, 0) is 38.1 Å². The van der Waals surface area contributed by atoms with E-state index >= 15 is 0 Å². The van der Waals surface area contributed by atoms with Crippen LogP contribution in [0.25, 0.3) is 0 Å². The van der Waals surface area contributed by atoms with Crippen molar-refractivity contribution >= 4 is 23.2 Å². The molecule has 1 N–H and O–H groups in total. The number of halogens is 2. The Morgan fingerprint density at radius 1 is 0.964 bits per heavy atom. The average molecular weight is 387 g/mol. The molecule has 5 nitrogen and oxygen atoms in total. The van der Waals surface area contributed by atoms with Crippen LogP contribution in [-0.2, 0) is 9.59 Å². The summed E-state index contributed by atoms with van der Waals surface area (Å²) < 4.78 is 26.8. The van der Waals surface area contributed by atoms with E-state index < -0.39 is 23.0 Å². The second-order valence-corrected chi connectivity index (χ2v) is 7.32. The molecule has 0 bridgehead atoms. The standard InChI is InChI=1S/C21H23F2N3O2/c1-21(2,19(27)24-18-9-8-15(22)14-17(18)23)20(28)26-12-10-25(11-13-26)16-6-4-3-5-7-16/h3-9,14H,10-13H2,1-2H3,(H,24,27). The first-order valence-electron chi connectivity index (χ1n) is 9.15. The molecule has 0 aromatic heterocycles. The van der Waals surface area contributed by atoms with Gasteiger partial charge in [-0.2, -0.15) is 0 Å². The van der Waals surface area contributed by atoms with Crippen LogP contribution in [-0.4, -0.2) is 42.9 Å². The van der Waals surface area contributed by atoms with Crippen LogP contribution in [0, 0.1) is 17.0 Å². The summed E-state index contributed by atoms with van der Waals surface area (Å²) in [7, 11) is 0. The number of nitrogens with zero attached hydrogens (tertiary/aromatic N) is 2. The minimum atomic E-state index is -1.38. The Kier molecular flexibility index (Phi) is 5.63. The van der Waals surface area contributed by atoms with Gasteiger partial charge in [-0.3, -0.25) is 9.59 Å². The van der Waals surface area contributed by atoms with Crippen molar-refractivity contribution in [2.24, 2.45) is 5.41 Å². The topological polar surface area (TPSA) is 52.7 Å². The van der Waals surface area contributed by atoms with Crippen LogP contribution in [0.15, 0.2) is 48.5 Å². The van der Waals surface area contributed by atoms with Crippen molar-refractivity contribution in [3.63, 3.8) is 0 Å². The monoisotopic (exact) mass is 387 g/mol. The zero-order valence-electron chi connectivity index (χ0n) is 15.9. The smallest absolute Gasteiger partial charge is 0.239 e. The highest BCUT2D eigenvalue weighted by Gasteiger charge is 2.40. The third kappa shape index (κ3) is 4.13. The molecular weight excluding hydrogens is 364 g/mol. The summed E-state index contributed by atoms with van der Waals surface area (Å²) in [6.07, 6.45) is 0. The van der Waals surface area contributed by atoms with Gasteiger partial charge in [-0.25, -0.2) is 8.78 Å². The van der Waals surface area contributed by atoms with E-state index in [-0.39, 0.29) is 11.6 Å². The van der Waals surface area contributed by atoms with Gasteiger partial charge < -0.3 is 15.1 Å². The summed E-state index contributed by atoms with van der Waals surface area (Å²) in [5, 5.41) is 2.39. The maximum atomic E-state index is 13.8. The lowest BCUT2D eigenvalue weighted by molar-refractivity contribution is -0.146. The Balaban J connectivity index is 1.63. The molecule has 1 aliphatic rings. The number of amides is 2. The Bertz CT molecular complexity index is 863. The van der Waals surface area contributed by atoms with Crippen molar-refractivity contribution < 1.29 is 18.4 Å². The van der Waals surface area contributed by atoms with Gasteiger partial charge in [0.2, 0.25) is 11.8 Å². The largest absolute Gasteiger partial charge is 0.368 e. The molecule has 2 amide bonds. The summed E-state index contributed by atoms with van der Waals surface area (Å²) in [5.41, 5.74) is -0.435. The Labute approximate surface area is 162 Å². The maximum Gasteiger partial charge on any atom is 0.239 e. The quantitative estimate of drug-likeness (QED) is 0.820. The van der Waals surface area contributed by atoms with E-state index in [0.717, 1.165) is 17.8 Å². The molecule has 3 rings (SSSR count). The van der Waals surface area contributed by atoms with Gasteiger partial charge in [-0.15, -0.1) is 0 Å². The van der Waals surface area contributed by atoms with E-state index in [1.54, 1.807) is 4.90 Å². The molecule has 1 fully saturated rings. The molecule has 1 saturated heterocycles. The van der Waals surface area contributed by atoms with Crippen LogP contribution >= 0.6 is 0 Å². The van der Waals surface area contributed by atoms with E-state index in [1.165, 1.54) is 13.8 Å². The van der Waals surface area contributed by atoms with Crippen LogP contribution in [0.4, 0.5) is 20.2 Å². The second-order valence-electron chi connectivity index (χ2n) is 7.32. The minimum absolute atomic E-state index is 0.152. The van der Waals surface area contributed by atoms with Gasteiger partial charge in [0.15, 0.2) is 0 Å². The molecule has 1 heterocycles. The fourth-order valence-corrected chi connectivity index (χ4v) is 3.17. The van der Waals surface area contributed by atoms with E-state index in [2.05, 4.69) is 10.2 Å². The number of hydrogen-bond acceptors (Lipinski definition) is 3. The normalized spacial score (nSPS) is 14.7. The third-order valence-electron chi connectivity index (χ3n) is 4.97. The van der Waals surface area contributed by atoms with Crippen molar-refractivity contribution in [1.82, 2.24) is 4.90 Å². The number of rotatable bonds is 4. The lowest BCUT2D eigenvalue weighted by atomic mass is 9.89. The van der Waals surface area contributed by atoms with Crippen molar-refractivity contribution in [1.29, 1.82) is 0 Å². The zero-order chi connectivity index (χ0) is 20.3. The number of hydrogen-bond donors (Lipinski definition) is 1. The molecule has 148 valence electrons. The van der Waals surface area contributed by atoms with E-state index in [9.17, 15) is 18.4 Å². The lowest BCUT2D eigenvalue weighted by Crippen LogP contribution is -2.54. The van der Waals surface area contributed by atoms with Crippen LogP contribution in [0.5, 0.6) is 0 Å². The summed E-state index contributed by atoms with van der Waals surface area (Å²) in [5.74, 6) is -2.57. The van der Waals surface area contributed by atoms with Crippen LogP contribution < -0.4 is 10.2 Å². The summed E-state index contributed by atoms with van der Waals surface area (Å²) in [4.78, 5) is 29.4. The Hall–Kier alpha value is -2.96. The SMILES string of the molecule is CC(C)(C(=O)Nc1ccc(F)cc1F)C(=O)N1CCN(c2ccccc2)CC1. The number of carbonyl (C=O) groups is 2. The van der Waals surface area contributed by atoms with Crippen molar-refractivity contribution in [2.45, 2.75) is 13.8 Å². The molecule has 2 aromatic carbocycles.